The predicted octanol–water partition coefficient (Wildman–Crippen LogP) is 1.43. The summed E-state index contributed by atoms with van der Waals surface area (Å²) in [5.41, 5.74) is -0.122. The van der Waals surface area contributed by atoms with E-state index in [1.807, 2.05) is 0 Å². The van der Waals surface area contributed by atoms with E-state index < -0.39 is 5.97 Å². The topological polar surface area (TPSA) is 89.0 Å². The molecule has 1 aromatic rings. The van der Waals surface area contributed by atoms with Crippen molar-refractivity contribution in [1.82, 2.24) is 9.88 Å². The SMILES string of the molecule is COCC1CCCCN1C(=O)c1cc(OC)cc(C(=O)O)n1. The number of aromatic nitrogens is 1. The summed E-state index contributed by atoms with van der Waals surface area (Å²) in [5.74, 6) is -1.18. The number of methoxy groups -OCH3 is 2. The summed E-state index contributed by atoms with van der Waals surface area (Å²) >= 11 is 0. The summed E-state index contributed by atoms with van der Waals surface area (Å²) in [6.07, 6.45) is 2.83. The number of rotatable bonds is 5. The van der Waals surface area contributed by atoms with Crippen LogP contribution in [0.5, 0.6) is 5.75 Å². The van der Waals surface area contributed by atoms with Crippen LogP contribution in [-0.4, -0.2) is 60.3 Å². The average Bonchev–Trinajstić information content (AvgIpc) is 2.54. The maximum atomic E-state index is 12.7. The van der Waals surface area contributed by atoms with Gasteiger partial charge in [-0.25, -0.2) is 9.78 Å². The predicted molar refractivity (Wildman–Crippen MR) is 78.3 cm³/mol. The lowest BCUT2D eigenvalue weighted by Crippen LogP contribution is -2.46. The zero-order valence-corrected chi connectivity index (χ0v) is 12.7. The first-order valence-corrected chi connectivity index (χ1v) is 7.16. The van der Waals surface area contributed by atoms with E-state index in [4.69, 9.17) is 14.6 Å². The van der Waals surface area contributed by atoms with E-state index in [9.17, 15) is 9.59 Å². The Morgan fingerprint density at radius 2 is 2.05 bits per heavy atom. The molecule has 1 saturated heterocycles. The zero-order valence-electron chi connectivity index (χ0n) is 12.7. The quantitative estimate of drug-likeness (QED) is 0.885. The van der Waals surface area contributed by atoms with Crippen LogP contribution in [0.3, 0.4) is 0 Å². The summed E-state index contributed by atoms with van der Waals surface area (Å²) in [6.45, 7) is 1.08. The number of pyridine rings is 1. The van der Waals surface area contributed by atoms with Crippen LogP contribution >= 0.6 is 0 Å². The Labute approximate surface area is 128 Å². The third kappa shape index (κ3) is 3.54. The number of hydrogen-bond acceptors (Lipinski definition) is 5. The van der Waals surface area contributed by atoms with Crippen molar-refractivity contribution >= 4 is 11.9 Å². The van der Waals surface area contributed by atoms with Crippen LogP contribution in [-0.2, 0) is 4.74 Å². The molecular weight excluding hydrogens is 288 g/mol. The Morgan fingerprint density at radius 1 is 1.32 bits per heavy atom. The molecule has 120 valence electrons. The van der Waals surface area contributed by atoms with Gasteiger partial charge in [0, 0.05) is 25.8 Å². The summed E-state index contributed by atoms with van der Waals surface area (Å²) in [7, 11) is 3.02. The molecule has 0 saturated carbocycles. The molecule has 0 aromatic carbocycles. The number of amides is 1. The molecule has 1 atom stereocenters. The molecule has 2 heterocycles. The summed E-state index contributed by atoms with van der Waals surface area (Å²) < 4.78 is 10.2. The Hall–Kier alpha value is -2.15. The fraction of sp³-hybridized carbons (Fsp3) is 0.533. The van der Waals surface area contributed by atoms with Crippen molar-refractivity contribution in [2.75, 3.05) is 27.4 Å². The molecule has 1 amide bonds. The average molecular weight is 308 g/mol. The molecule has 1 unspecified atom stereocenters. The van der Waals surface area contributed by atoms with Gasteiger partial charge in [0.25, 0.3) is 5.91 Å². The van der Waals surface area contributed by atoms with Gasteiger partial charge in [-0.15, -0.1) is 0 Å². The number of piperidine rings is 1. The van der Waals surface area contributed by atoms with Crippen LogP contribution in [0, 0.1) is 0 Å². The standard InChI is InChI=1S/C15H20N2O5/c1-21-9-10-5-3-4-6-17(10)14(18)12-7-11(22-2)8-13(16-12)15(19)20/h7-8,10H,3-6,9H2,1-2H3,(H,19,20). The molecule has 0 radical (unpaired) electrons. The lowest BCUT2D eigenvalue weighted by atomic mass is 10.0. The number of aromatic carboxylic acids is 1. The molecule has 7 nitrogen and oxygen atoms in total. The molecule has 0 aliphatic carbocycles. The maximum absolute atomic E-state index is 12.7. The van der Waals surface area contributed by atoms with Crippen molar-refractivity contribution in [3.8, 4) is 5.75 Å². The Kier molecular flexibility index (Phi) is 5.32. The molecule has 1 aromatic heterocycles. The molecule has 0 bridgehead atoms. The van der Waals surface area contributed by atoms with Gasteiger partial charge in [0.15, 0.2) is 5.69 Å². The maximum Gasteiger partial charge on any atom is 0.354 e. The van der Waals surface area contributed by atoms with E-state index in [-0.39, 0.29) is 23.3 Å². The number of likely N-dealkylation sites (tertiary alicyclic amines) is 1. The molecule has 1 aliphatic rings. The van der Waals surface area contributed by atoms with E-state index in [0.29, 0.717) is 18.9 Å². The Balaban J connectivity index is 2.30. The number of ether oxygens (including phenoxy) is 2. The van der Waals surface area contributed by atoms with Crippen LogP contribution in [0.1, 0.15) is 40.2 Å². The van der Waals surface area contributed by atoms with Crippen LogP contribution in [0.25, 0.3) is 0 Å². The molecule has 2 rings (SSSR count). The van der Waals surface area contributed by atoms with Gasteiger partial charge in [0.05, 0.1) is 19.8 Å². The molecular formula is C15H20N2O5. The summed E-state index contributed by atoms with van der Waals surface area (Å²) in [5, 5.41) is 9.09. The highest BCUT2D eigenvalue weighted by atomic mass is 16.5. The number of hydrogen-bond donors (Lipinski definition) is 1. The third-order valence-electron chi connectivity index (χ3n) is 3.72. The molecule has 1 fully saturated rings. The van der Waals surface area contributed by atoms with Crippen LogP contribution in [0.4, 0.5) is 0 Å². The van der Waals surface area contributed by atoms with Crippen molar-refractivity contribution in [3.63, 3.8) is 0 Å². The van der Waals surface area contributed by atoms with Gasteiger partial charge in [0.2, 0.25) is 0 Å². The lowest BCUT2D eigenvalue weighted by molar-refractivity contribution is 0.0422. The number of carboxylic acid groups (broad SMARTS) is 1. The number of carboxylic acids is 1. The fourth-order valence-electron chi connectivity index (χ4n) is 2.62. The van der Waals surface area contributed by atoms with Gasteiger partial charge in [-0.2, -0.15) is 0 Å². The second-order valence-electron chi connectivity index (χ2n) is 5.19. The molecule has 7 heteroatoms. The monoisotopic (exact) mass is 308 g/mol. The highest BCUT2D eigenvalue weighted by molar-refractivity contribution is 5.95. The van der Waals surface area contributed by atoms with Crippen molar-refractivity contribution in [2.45, 2.75) is 25.3 Å². The Morgan fingerprint density at radius 3 is 2.68 bits per heavy atom. The number of carbonyl (C=O) groups is 2. The normalized spacial score (nSPS) is 18.1. The minimum atomic E-state index is -1.19. The van der Waals surface area contributed by atoms with Crippen LogP contribution in [0.2, 0.25) is 0 Å². The second kappa shape index (κ2) is 7.22. The van der Waals surface area contributed by atoms with Gasteiger partial charge in [-0.3, -0.25) is 4.79 Å². The van der Waals surface area contributed by atoms with Crippen LogP contribution in [0.15, 0.2) is 12.1 Å². The van der Waals surface area contributed by atoms with Crippen molar-refractivity contribution in [3.05, 3.63) is 23.5 Å². The highest BCUT2D eigenvalue weighted by Gasteiger charge is 2.29. The van der Waals surface area contributed by atoms with Gasteiger partial charge in [-0.1, -0.05) is 0 Å². The highest BCUT2D eigenvalue weighted by Crippen LogP contribution is 2.21. The van der Waals surface area contributed by atoms with E-state index >= 15 is 0 Å². The van der Waals surface area contributed by atoms with Gasteiger partial charge in [-0.05, 0) is 19.3 Å². The molecule has 1 N–H and O–H groups in total. The smallest absolute Gasteiger partial charge is 0.354 e. The largest absolute Gasteiger partial charge is 0.497 e. The zero-order chi connectivity index (χ0) is 16.1. The fourth-order valence-corrected chi connectivity index (χ4v) is 2.62. The first-order chi connectivity index (χ1) is 10.6. The van der Waals surface area contributed by atoms with Crippen molar-refractivity contribution in [1.29, 1.82) is 0 Å². The number of carbonyl (C=O) groups excluding carboxylic acids is 1. The third-order valence-corrected chi connectivity index (χ3v) is 3.72. The van der Waals surface area contributed by atoms with E-state index in [1.165, 1.54) is 19.2 Å². The van der Waals surface area contributed by atoms with Gasteiger partial charge in [0.1, 0.15) is 11.4 Å². The minimum absolute atomic E-state index is 0.00692. The second-order valence-corrected chi connectivity index (χ2v) is 5.19. The van der Waals surface area contributed by atoms with Crippen LogP contribution < -0.4 is 4.74 Å². The summed E-state index contributed by atoms with van der Waals surface area (Å²) in [6, 6.07) is 2.75. The van der Waals surface area contributed by atoms with Gasteiger partial charge >= 0.3 is 5.97 Å². The van der Waals surface area contributed by atoms with Crippen molar-refractivity contribution < 1.29 is 24.2 Å². The van der Waals surface area contributed by atoms with E-state index in [0.717, 1.165) is 19.3 Å². The Bertz CT molecular complexity index is 559. The molecule has 1 aliphatic heterocycles. The first-order valence-electron chi connectivity index (χ1n) is 7.16. The van der Waals surface area contributed by atoms with E-state index in [2.05, 4.69) is 4.98 Å². The minimum Gasteiger partial charge on any atom is -0.497 e. The van der Waals surface area contributed by atoms with Gasteiger partial charge < -0.3 is 19.5 Å². The molecule has 0 spiro atoms. The van der Waals surface area contributed by atoms with E-state index in [1.54, 1.807) is 12.0 Å². The van der Waals surface area contributed by atoms with Crippen molar-refractivity contribution in [2.24, 2.45) is 0 Å². The molecule has 22 heavy (non-hydrogen) atoms. The lowest BCUT2D eigenvalue weighted by Gasteiger charge is -2.35. The first kappa shape index (κ1) is 16.2. The number of nitrogens with zero attached hydrogens (tertiary/aromatic N) is 2. The summed E-state index contributed by atoms with van der Waals surface area (Å²) in [4.78, 5) is 29.5.